The number of ether oxygens (including phenoxy) is 1. The maximum atomic E-state index is 13.3. The maximum Gasteiger partial charge on any atom is 0.233 e. The highest BCUT2D eigenvalue weighted by Crippen LogP contribution is 2.28. The van der Waals surface area contributed by atoms with Crippen LogP contribution in [0.25, 0.3) is 11.6 Å². The van der Waals surface area contributed by atoms with Crippen molar-refractivity contribution in [2.45, 2.75) is 37.0 Å². The molecular weight excluding hydrogens is 460 g/mol. The average Bonchev–Trinajstić information content (AvgIpc) is 3.65. The highest BCUT2D eigenvalue weighted by atomic mass is 32.2. The number of rotatable bonds is 9. The van der Waals surface area contributed by atoms with Crippen molar-refractivity contribution in [3.8, 4) is 17.3 Å². The molecule has 8 heteroatoms. The molecule has 1 aliphatic rings. The van der Waals surface area contributed by atoms with E-state index in [0.29, 0.717) is 29.0 Å². The van der Waals surface area contributed by atoms with Gasteiger partial charge >= 0.3 is 0 Å². The number of benzene rings is 2. The van der Waals surface area contributed by atoms with Gasteiger partial charge in [0.25, 0.3) is 0 Å². The van der Waals surface area contributed by atoms with Gasteiger partial charge in [0.15, 0.2) is 10.9 Å². The van der Waals surface area contributed by atoms with Gasteiger partial charge < -0.3 is 14.1 Å². The van der Waals surface area contributed by atoms with Crippen molar-refractivity contribution in [1.29, 1.82) is 0 Å². The molecule has 0 aliphatic carbocycles. The molecule has 35 heavy (non-hydrogen) atoms. The van der Waals surface area contributed by atoms with E-state index in [-0.39, 0.29) is 11.9 Å². The fourth-order valence-corrected chi connectivity index (χ4v) is 5.37. The summed E-state index contributed by atoms with van der Waals surface area (Å²) in [5, 5.41) is 9.49. The first kappa shape index (κ1) is 23.2. The molecule has 1 atom stereocenters. The molecule has 1 amide bonds. The Hall–Kier alpha value is -3.52. The Morgan fingerprint density at radius 3 is 2.74 bits per heavy atom. The molecule has 0 saturated carbocycles. The Labute approximate surface area is 209 Å². The van der Waals surface area contributed by atoms with Crippen LogP contribution in [0.2, 0.25) is 0 Å². The van der Waals surface area contributed by atoms with Gasteiger partial charge in [-0.1, -0.05) is 54.2 Å². The van der Waals surface area contributed by atoms with E-state index >= 15 is 0 Å². The van der Waals surface area contributed by atoms with Crippen LogP contribution in [0.15, 0.2) is 82.6 Å². The van der Waals surface area contributed by atoms with Crippen molar-refractivity contribution in [3.05, 3.63) is 84.1 Å². The summed E-state index contributed by atoms with van der Waals surface area (Å²) in [4.78, 5) is 15.3. The van der Waals surface area contributed by atoms with Crippen molar-refractivity contribution in [1.82, 2.24) is 19.7 Å². The molecule has 1 saturated heterocycles. The van der Waals surface area contributed by atoms with E-state index in [1.54, 1.807) is 13.4 Å². The van der Waals surface area contributed by atoms with E-state index in [1.807, 2.05) is 51.9 Å². The van der Waals surface area contributed by atoms with E-state index in [0.717, 1.165) is 37.1 Å². The highest BCUT2D eigenvalue weighted by Gasteiger charge is 2.29. The number of carbonyl (C=O) groups excluding carboxylic acids is 1. The van der Waals surface area contributed by atoms with Gasteiger partial charge in [-0.3, -0.25) is 9.36 Å². The smallest absolute Gasteiger partial charge is 0.233 e. The van der Waals surface area contributed by atoms with Gasteiger partial charge in [0, 0.05) is 12.6 Å². The quantitative estimate of drug-likeness (QED) is 0.311. The highest BCUT2D eigenvalue weighted by molar-refractivity contribution is 7.99. The van der Waals surface area contributed by atoms with Gasteiger partial charge in [-0.05, 0) is 54.7 Å². The zero-order valence-electron chi connectivity index (χ0n) is 19.7. The number of likely N-dealkylation sites (tertiary alicyclic amines) is 1. The molecule has 0 spiro atoms. The van der Waals surface area contributed by atoms with Crippen molar-refractivity contribution >= 4 is 17.7 Å². The lowest BCUT2D eigenvalue weighted by Gasteiger charge is -2.25. The Kier molecular flexibility index (Phi) is 7.18. The van der Waals surface area contributed by atoms with E-state index in [1.165, 1.54) is 17.3 Å². The van der Waals surface area contributed by atoms with Crippen LogP contribution in [-0.4, -0.2) is 51.0 Å². The van der Waals surface area contributed by atoms with Gasteiger partial charge in [-0.15, -0.1) is 10.2 Å². The van der Waals surface area contributed by atoms with Gasteiger partial charge in [0.05, 0.1) is 25.7 Å². The Morgan fingerprint density at radius 1 is 1.09 bits per heavy atom. The Morgan fingerprint density at radius 2 is 1.94 bits per heavy atom. The second-order valence-electron chi connectivity index (χ2n) is 8.58. The van der Waals surface area contributed by atoms with Crippen LogP contribution < -0.4 is 4.74 Å². The summed E-state index contributed by atoms with van der Waals surface area (Å²) in [7, 11) is 1.68. The fourth-order valence-electron chi connectivity index (χ4n) is 4.55. The molecule has 1 unspecified atom stereocenters. The summed E-state index contributed by atoms with van der Waals surface area (Å²) in [6.07, 6.45) is 4.50. The molecule has 1 fully saturated rings. The topological polar surface area (TPSA) is 73.4 Å². The second-order valence-corrected chi connectivity index (χ2v) is 9.53. The molecule has 3 heterocycles. The third-order valence-corrected chi connectivity index (χ3v) is 7.22. The molecule has 0 bridgehead atoms. The van der Waals surface area contributed by atoms with E-state index < -0.39 is 0 Å². The molecule has 2 aromatic heterocycles. The monoisotopic (exact) mass is 488 g/mol. The lowest BCUT2D eigenvalue weighted by atomic mass is 10.0. The molecular formula is C27H28N4O3S. The molecule has 2 aromatic carbocycles. The Balaban J connectivity index is 1.29. The standard InChI is InChI=1S/C27H28N4O3S/c1-33-23-12-5-10-21(17-23)16-22-11-6-14-30(22)25(32)19-35-27-29-28-26(24-13-7-15-34-24)31(27)18-20-8-3-2-4-9-20/h2-5,7-10,12-13,15,17,22H,6,11,14,16,18-19H2,1H3. The third-order valence-electron chi connectivity index (χ3n) is 6.27. The zero-order chi connectivity index (χ0) is 24.0. The van der Waals surface area contributed by atoms with Crippen LogP contribution in [0.4, 0.5) is 0 Å². The SMILES string of the molecule is COc1cccc(CC2CCCN2C(=O)CSc2nnc(-c3ccco3)n2Cc2ccccc2)c1. The van der Waals surface area contributed by atoms with Crippen LogP contribution >= 0.6 is 11.8 Å². The van der Waals surface area contributed by atoms with Crippen molar-refractivity contribution < 1.29 is 13.9 Å². The first-order valence-electron chi connectivity index (χ1n) is 11.8. The van der Waals surface area contributed by atoms with Gasteiger partial charge in [0.1, 0.15) is 5.75 Å². The molecule has 0 radical (unpaired) electrons. The molecule has 0 N–H and O–H groups in total. The number of hydrogen-bond acceptors (Lipinski definition) is 6. The summed E-state index contributed by atoms with van der Waals surface area (Å²) in [5.41, 5.74) is 2.32. The lowest BCUT2D eigenvalue weighted by Crippen LogP contribution is -2.38. The number of amides is 1. The third kappa shape index (κ3) is 5.43. The number of furan rings is 1. The van der Waals surface area contributed by atoms with Gasteiger partial charge in [0.2, 0.25) is 11.7 Å². The summed E-state index contributed by atoms with van der Waals surface area (Å²) in [6, 6.07) is 22.2. The van der Waals surface area contributed by atoms with E-state index in [4.69, 9.17) is 9.15 Å². The zero-order valence-corrected chi connectivity index (χ0v) is 20.5. The van der Waals surface area contributed by atoms with Crippen LogP contribution in [-0.2, 0) is 17.8 Å². The molecule has 5 rings (SSSR count). The molecule has 180 valence electrons. The number of carbonyl (C=O) groups is 1. The van der Waals surface area contributed by atoms with Crippen molar-refractivity contribution in [3.63, 3.8) is 0 Å². The van der Waals surface area contributed by atoms with Crippen molar-refractivity contribution in [2.24, 2.45) is 0 Å². The second kappa shape index (κ2) is 10.8. The van der Waals surface area contributed by atoms with Crippen LogP contribution in [0.3, 0.4) is 0 Å². The van der Waals surface area contributed by atoms with Gasteiger partial charge in [-0.2, -0.15) is 0 Å². The normalized spacial score (nSPS) is 15.5. The number of methoxy groups -OCH3 is 1. The van der Waals surface area contributed by atoms with Crippen LogP contribution in [0, 0.1) is 0 Å². The minimum Gasteiger partial charge on any atom is -0.497 e. The minimum absolute atomic E-state index is 0.134. The Bertz CT molecular complexity index is 1260. The molecule has 1 aliphatic heterocycles. The van der Waals surface area contributed by atoms with E-state index in [2.05, 4.69) is 34.5 Å². The van der Waals surface area contributed by atoms with Gasteiger partial charge in [-0.25, -0.2) is 0 Å². The summed E-state index contributed by atoms with van der Waals surface area (Å²) >= 11 is 1.43. The van der Waals surface area contributed by atoms with Crippen molar-refractivity contribution in [2.75, 3.05) is 19.4 Å². The fraction of sp³-hybridized carbons (Fsp3) is 0.296. The van der Waals surface area contributed by atoms with E-state index in [9.17, 15) is 4.79 Å². The predicted molar refractivity (Wildman–Crippen MR) is 135 cm³/mol. The number of thioether (sulfide) groups is 1. The summed E-state index contributed by atoms with van der Waals surface area (Å²) in [5.74, 6) is 2.61. The number of hydrogen-bond donors (Lipinski definition) is 0. The summed E-state index contributed by atoms with van der Waals surface area (Å²) < 4.78 is 13.0. The minimum atomic E-state index is 0.134. The average molecular weight is 489 g/mol. The largest absolute Gasteiger partial charge is 0.497 e. The first-order chi connectivity index (χ1) is 17.2. The predicted octanol–water partition coefficient (Wildman–Crippen LogP) is 4.92. The number of aromatic nitrogens is 3. The molecule has 7 nitrogen and oxygen atoms in total. The molecule has 4 aromatic rings. The lowest BCUT2D eigenvalue weighted by molar-refractivity contribution is -0.129. The van der Waals surface area contributed by atoms with Crippen LogP contribution in [0.1, 0.15) is 24.0 Å². The summed E-state index contributed by atoms with van der Waals surface area (Å²) in [6.45, 7) is 1.39. The first-order valence-corrected chi connectivity index (χ1v) is 12.8. The maximum absolute atomic E-state index is 13.3. The number of nitrogens with zero attached hydrogens (tertiary/aromatic N) is 4. The van der Waals surface area contributed by atoms with Crippen LogP contribution in [0.5, 0.6) is 5.75 Å².